The largest absolute Gasteiger partial charge is 0.375 e. The molecule has 0 saturated heterocycles. The fourth-order valence-corrected chi connectivity index (χ4v) is 4.15. The van der Waals surface area contributed by atoms with E-state index >= 15 is 0 Å². The summed E-state index contributed by atoms with van der Waals surface area (Å²) in [5.41, 5.74) is 6.68. The van der Waals surface area contributed by atoms with Crippen LogP contribution in [0, 0.1) is 5.82 Å². The van der Waals surface area contributed by atoms with E-state index in [2.05, 4.69) is 14.7 Å². The first-order chi connectivity index (χ1) is 10.4. The molecule has 3 N–H and O–H groups in total. The molecule has 0 unspecified atom stereocenters. The Morgan fingerprint density at radius 3 is 2.32 bits per heavy atom. The third-order valence-corrected chi connectivity index (χ3v) is 5.55. The molecule has 0 bridgehead atoms. The van der Waals surface area contributed by atoms with Gasteiger partial charge in [-0.15, -0.1) is 22.7 Å². The van der Waals surface area contributed by atoms with E-state index in [0.29, 0.717) is 16.5 Å². The smallest absolute Gasteiger partial charge is 0.263 e. The average molecular weight is 356 g/mol. The molecule has 0 fully saturated rings. The summed E-state index contributed by atoms with van der Waals surface area (Å²) in [5, 5.41) is 4.03. The zero-order chi connectivity index (χ0) is 15.7. The molecule has 0 saturated carbocycles. The van der Waals surface area contributed by atoms with Crippen LogP contribution in [0.25, 0.3) is 11.4 Å². The highest BCUT2D eigenvalue weighted by Crippen LogP contribution is 2.28. The van der Waals surface area contributed by atoms with Crippen molar-refractivity contribution in [3.8, 4) is 11.4 Å². The van der Waals surface area contributed by atoms with Crippen molar-refractivity contribution in [2.75, 3.05) is 10.5 Å². The Balaban J connectivity index is 1.84. The molecule has 2 heterocycles. The Labute approximate surface area is 133 Å². The molecule has 1 aromatic carbocycles. The molecule has 3 aromatic rings. The Bertz CT molecular complexity index is 903. The number of nitrogens with one attached hydrogen (secondary N) is 1. The van der Waals surface area contributed by atoms with Crippen LogP contribution in [0.5, 0.6) is 0 Å². The third kappa shape index (κ3) is 3.08. The Kier molecular flexibility index (Phi) is 3.81. The second-order valence-corrected chi connectivity index (χ2v) is 7.60. The second-order valence-electron chi connectivity index (χ2n) is 4.17. The van der Waals surface area contributed by atoms with Gasteiger partial charge in [-0.25, -0.2) is 22.8 Å². The lowest BCUT2D eigenvalue weighted by atomic mass is 10.4. The maximum Gasteiger partial charge on any atom is 0.263 e. The zero-order valence-corrected chi connectivity index (χ0v) is 13.3. The number of hydrogen-bond acceptors (Lipinski definition) is 7. The highest BCUT2D eigenvalue weighted by molar-refractivity contribution is 7.93. The van der Waals surface area contributed by atoms with E-state index in [1.165, 1.54) is 23.5 Å². The summed E-state index contributed by atoms with van der Waals surface area (Å²) in [6, 6.07) is 4.54. The van der Waals surface area contributed by atoms with Crippen LogP contribution in [0.2, 0.25) is 0 Å². The van der Waals surface area contributed by atoms with Gasteiger partial charge in [0.2, 0.25) is 0 Å². The molecule has 0 aliphatic carbocycles. The summed E-state index contributed by atoms with van der Waals surface area (Å²) >= 11 is 2.40. The van der Waals surface area contributed by atoms with Crippen molar-refractivity contribution in [1.29, 1.82) is 0 Å². The summed E-state index contributed by atoms with van der Waals surface area (Å²) in [6.07, 6.45) is 0. The van der Waals surface area contributed by atoms with Crippen LogP contribution >= 0.6 is 22.7 Å². The highest BCUT2D eigenvalue weighted by Gasteiger charge is 2.17. The number of nitrogen functional groups attached to an aromatic ring is 1. The fourth-order valence-electron chi connectivity index (χ4n) is 1.63. The van der Waals surface area contributed by atoms with Crippen molar-refractivity contribution < 1.29 is 12.8 Å². The van der Waals surface area contributed by atoms with Crippen LogP contribution in [0.15, 0.2) is 39.9 Å². The van der Waals surface area contributed by atoms with Gasteiger partial charge < -0.3 is 5.73 Å². The minimum Gasteiger partial charge on any atom is -0.375 e. The van der Waals surface area contributed by atoms with Gasteiger partial charge in [0, 0.05) is 10.8 Å². The fraction of sp³-hybridized carbons (Fsp3) is 0. The number of hydrogen-bond donors (Lipinski definition) is 2. The zero-order valence-electron chi connectivity index (χ0n) is 10.9. The molecule has 114 valence electrons. The van der Waals surface area contributed by atoms with E-state index in [0.717, 1.165) is 23.5 Å². The number of aromatic nitrogens is 2. The lowest BCUT2D eigenvalue weighted by Gasteiger charge is -2.04. The minimum atomic E-state index is -3.80. The first-order valence-electron chi connectivity index (χ1n) is 5.89. The van der Waals surface area contributed by atoms with Crippen molar-refractivity contribution >= 4 is 43.0 Å². The van der Waals surface area contributed by atoms with E-state index in [1.807, 2.05) is 0 Å². The number of thiazole rings is 2. The summed E-state index contributed by atoms with van der Waals surface area (Å²) in [6.45, 7) is 0. The van der Waals surface area contributed by atoms with E-state index in [1.54, 1.807) is 10.8 Å². The molecule has 0 spiro atoms. The molecule has 0 atom stereocenters. The number of halogens is 1. The molecule has 10 heteroatoms. The first kappa shape index (κ1) is 14.9. The number of nitrogens with zero attached hydrogens (tertiary/aromatic N) is 2. The monoisotopic (exact) mass is 356 g/mol. The van der Waals surface area contributed by atoms with Gasteiger partial charge in [0.1, 0.15) is 17.2 Å². The average Bonchev–Trinajstić information content (AvgIpc) is 3.08. The minimum absolute atomic E-state index is 0.0384. The van der Waals surface area contributed by atoms with Crippen LogP contribution < -0.4 is 10.5 Å². The van der Waals surface area contributed by atoms with E-state index in [4.69, 9.17) is 5.73 Å². The molecule has 0 amide bonds. The van der Waals surface area contributed by atoms with Crippen molar-refractivity contribution in [1.82, 2.24) is 9.97 Å². The van der Waals surface area contributed by atoms with Crippen LogP contribution in [-0.2, 0) is 10.0 Å². The van der Waals surface area contributed by atoms with Crippen molar-refractivity contribution in [3.05, 3.63) is 40.8 Å². The summed E-state index contributed by atoms with van der Waals surface area (Å²) in [4.78, 5) is 8.21. The number of sulfonamides is 1. The van der Waals surface area contributed by atoms with Gasteiger partial charge in [0.05, 0.1) is 4.90 Å². The molecule has 0 radical (unpaired) electrons. The maximum absolute atomic E-state index is 12.9. The normalized spacial score (nSPS) is 11.5. The summed E-state index contributed by atoms with van der Waals surface area (Å²) < 4.78 is 39.5. The molecule has 0 aliphatic heterocycles. The van der Waals surface area contributed by atoms with Crippen molar-refractivity contribution in [3.63, 3.8) is 0 Å². The summed E-state index contributed by atoms with van der Waals surface area (Å²) in [7, 11) is -3.80. The highest BCUT2D eigenvalue weighted by atomic mass is 32.2. The van der Waals surface area contributed by atoms with Gasteiger partial charge in [0.15, 0.2) is 10.3 Å². The van der Waals surface area contributed by atoms with Gasteiger partial charge in [-0.1, -0.05) is 0 Å². The molecule has 2 aromatic heterocycles. The molecule has 22 heavy (non-hydrogen) atoms. The first-order valence-corrected chi connectivity index (χ1v) is 9.13. The Morgan fingerprint density at radius 2 is 1.68 bits per heavy atom. The van der Waals surface area contributed by atoms with Crippen LogP contribution in [0.3, 0.4) is 0 Å². The predicted molar refractivity (Wildman–Crippen MR) is 84.8 cm³/mol. The predicted octanol–water partition coefficient (Wildman–Crippen LogP) is 2.79. The van der Waals surface area contributed by atoms with Gasteiger partial charge in [-0.05, 0) is 24.3 Å². The van der Waals surface area contributed by atoms with Crippen molar-refractivity contribution in [2.24, 2.45) is 0 Å². The van der Waals surface area contributed by atoms with Crippen LogP contribution in [-0.4, -0.2) is 18.4 Å². The lowest BCUT2D eigenvalue weighted by molar-refractivity contribution is 0.599. The number of rotatable bonds is 4. The number of nitrogens with two attached hydrogens (primary N) is 1. The summed E-state index contributed by atoms with van der Waals surface area (Å²) in [5.74, 6) is -0.503. The van der Waals surface area contributed by atoms with E-state index < -0.39 is 15.8 Å². The molecule has 0 aliphatic rings. The molecule has 6 nitrogen and oxygen atoms in total. The van der Waals surface area contributed by atoms with E-state index in [9.17, 15) is 12.8 Å². The third-order valence-electron chi connectivity index (χ3n) is 2.63. The molecule has 3 rings (SSSR count). The molecular weight excluding hydrogens is 347 g/mol. The number of benzene rings is 1. The van der Waals surface area contributed by atoms with Crippen LogP contribution in [0.1, 0.15) is 0 Å². The lowest BCUT2D eigenvalue weighted by Crippen LogP contribution is -2.12. The topological polar surface area (TPSA) is 98.0 Å². The van der Waals surface area contributed by atoms with Gasteiger partial charge in [-0.3, -0.25) is 4.72 Å². The molecular formula is C12H9FN4O2S3. The SMILES string of the molecule is Nc1nc(-c2csc(NS(=O)(=O)c3ccc(F)cc3)n2)cs1. The number of anilines is 2. The van der Waals surface area contributed by atoms with Gasteiger partial charge in [0.25, 0.3) is 10.0 Å². The Morgan fingerprint density at radius 1 is 1.05 bits per heavy atom. The van der Waals surface area contributed by atoms with Crippen LogP contribution in [0.4, 0.5) is 14.7 Å². The maximum atomic E-state index is 12.9. The van der Waals surface area contributed by atoms with Gasteiger partial charge in [-0.2, -0.15) is 0 Å². The van der Waals surface area contributed by atoms with Gasteiger partial charge >= 0.3 is 0 Å². The quantitative estimate of drug-likeness (QED) is 0.749. The van der Waals surface area contributed by atoms with E-state index in [-0.39, 0.29) is 10.0 Å². The standard InChI is InChI=1S/C12H9FN4O2S3/c13-7-1-3-8(4-2-7)22(18,19)17-12-16-10(6-21-12)9-5-20-11(14)15-9/h1-6H,(H2,14,15)(H,16,17). The Hall–Kier alpha value is -2.04. The van der Waals surface area contributed by atoms with Crippen molar-refractivity contribution in [2.45, 2.75) is 4.90 Å². The second kappa shape index (κ2) is 5.63.